The van der Waals surface area contributed by atoms with E-state index < -0.39 is 0 Å². The summed E-state index contributed by atoms with van der Waals surface area (Å²) < 4.78 is 1.84. The summed E-state index contributed by atoms with van der Waals surface area (Å²) in [6.45, 7) is 5.17. The minimum atomic E-state index is 0.287. The van der Waals surface area contributed by atoms with Crippen LogP contribution < -0.4 is 5.32 Å². The van der Waals surface area contributed by atoms with Gasteiger partial charge in [0, 0.05) is 18.4 Å². The summed E-state index contributed by atoms with van der Waals surface area (Å²) in [6.07, 6.45) is 4.49. The van der Waals surface area contributed by atoms with Crippen molar-refractivity contribution in [2.24, 2.45) is 0 Å². The number of imidazole rings is 1. The predicted molar refractivity (Wildman–Crippen MR) is 75.0 cm³/mol. The zero-order chi connectivity index (χ0) is 13.7. The first-order valence-corrected chi connectivity index (χ1v) is 6.57. The van der Waals surface area contributed by atoms with E-state index in [4.69, 9.17) is 5.26 Å². The molecule has 0 spiro atoms. The fraction of sp³-hybridized carbons (Fsp3) is 0.333. The number of benzene rings is 1. The molecule has 0 saturated heterocycles. The van der Waals surface area contributed by atoms with E-state index in [2.05, 4.69) is 36.3 Å². The SMILES string of the molecule is CCNC(CC)c1ccccc1-n1ccnc1C#N. The summed E-state index contributed by atoms with van der Waals surface area (Å²) in [4.78, 5) is 4.06. The molecule has 4 heteroatoms. The van der Waals surface area contributed by atoms with Crippen LogP contribution in [0.5, 0.6) is 0 Å². The third-order valence-corrected chi connectivity index (χ3v) is 3.17. The van der Waals surface area contributed by atoms with Gasteiger partial charge in [0.05, 0.1) is 5.69 Å². The molecule has 2 aromatic rings. The van der Waals surface area contributed by atoms with Gasteiger partial charge in [0.2, 0.25) is 5.82 Å². The second kappa shape index (κ2) is 6.17. The van der Waals surface area contributed by atoms with Crippen LogP contribution in [0.2, 0.25) is 0 Å². The molecule has 0 bridgehead atoms. The van der Waals surface area contributed by atoms with Crippen LogP contribution >= 0.6 is 0 Å². The molecule has 19 heavy (non-hydrogen) atoms. The molecule has 0 saturated carbocycles. The number of nitriles is 1. The molecule has 2 rings (SSSR count). The van der Waals surface area contributed by atoms with Crippen LogP contribution in [-0.2, 0) is 0 Å². The number of aromatic nitrogens is 2. The molecule has 4 nitrogen and oxygen atoms in total. The summed E-state index contributed by atoms with van der Waals surface area (Å²) in [5.74, 6) is 0.416. The topological polar surface area (TPSA) is 53.6 Å². The zero-order valence-electron chi connectivity index (χ0n) is 11.3. The molecular weight excluding hydrogens is 236 g/mol. The number of para-hydroxylation sites is 1. The molecule has 1 aromatic heterocycles. The first kappa shape index (κ1) is 13.3. The molecule has 0 aliphatic carbocycles. The molecule has 1 heterocycles. The van der Waals surface area contributed by atoms with Gasteiger partial charge in [-0.15, -0.1) is 0 Å². The van der Waals surface area contributed by atoms with Crippen LogP contribution in [0.15, 0.2) is 36.7 Å². The van der Waals surface area contributed by atoms with Crippen molar-refractivity contribution in [3.8, 4) is 11.8 Å². The Morgan fingerprint density at radius 2 is 2.16 bits per heavy atom. The van der Waals surface area contributed by atoms with E-state index in [1.54, 1.807) is 6.20 Å². The van der Waals surface area contributed by atoms with Crippen molar-refractivity contribution >= 4 is 0 Å². The summed E-state index contributed by atoms with van der Waals surface area (Å²) >= 11 is 0. The zero-order valence-corrected chi connectivity index (χ0v) is 11.3. The normalized spacial score (nSPS) is 12.1. The molecule has 1 unspecified atom stereocenters. The van der Waals surface area contributed by atoms with Crippen molar-refractivity contribution in [3.63, 3.8) is 0 Å². The first-order chi connectivity index (χ1) is 9.31. The highest BCUT2D eigenvalue weighted by molar-refractivity contribution is 5.45. The maximum atomic E-state index is 9.11. The van der Waals surface area contributed by atoms with Crippen LogP contribution in [0.25, 0.3) is 5.69 Å². The minimum absolute atomic E-state index is 0.287. The Balaban J connectivity index is 2.50. The minimum Gasteiger partial charge on any atom is -0.310 e. The van der Waals surface area contributed by atoms with E-state index in [9.17, 15) is 0 Å². The summed E-state index contributed by atoms with van der Waals surface area (Å²) in [7, 11) is 0. The molecule has 0 radical (unpaired) electrons. The van der Waals surface area contributed by atoms with Crippen LogP contribution in [0.4, 0.5) is 0 Å². The summed E-state index contributed by atoms with van der Waals surface area (Å²) in [5.41, 5.74) is 2.21. The molecule has 0 fully saturated rings. The third-order valence-electron chi connectivity index (χ3n) is 3.17. The Morgan fingerprint density at radius 3 is 2.84 bits per heavy atom. The molecule has 0 aliphatic rings. The number of hydrogen-bond acceptors (Lipinski definition) is 3. The molecule has 0 aliphatic heterocycles. The van der Waals surface area contributed by atoms with Crippen molar-refractivity contribution in [2.75, 3.05) is 6.54 Å². The number of hydrogen-bond donors (Lipinski definition) is 1. The molecule has 1 aromatic carbocycles. The van der Waals surface area contributed by atoms with Crippen LogP contribution in [0.1, 0.15) is 37.7 Å². The summed E-state index contributed by atoms with van der Waals surface area (Å²) in [5, 5.41) is 12.6. The predicted octanol–water partition coefficient (Wildman–Crippen LogP) is 2.80. The lowest BCUT2D eigenvalue weighted by Gasteiger charge is -2.20. The summed E-state index contributed by atoms with van der Waals surface area (Å²) in [6, 6.07) is 10.6. The fourth-order valence-electron chi connectivity index (χ4n) is 2.30. The third kappa shape index (κ3) is 2.67. The molecule has 0 amide bonds. The van der Waals surface area contributed by atoms with Gasteiger partial charge in [0.25, 0.3) is 0 Å². The van der Waals surface area contributed by atoms with Crippen molar-refractivity contribution in [1.29, 1.82) is 5.26 Å². The highest BCUT2D eigenvalue weighted by atomic mass is 15.1. The molecule has 1 atom stereocenters. The molecule has 1 N–H and O–H groups in total. The Morgan fingerprint density at radius 1 is 1.37 bits per heavy atom. The van der Waals surface area contributed by atoms with E-state index in [1.807, 2.05) is 29.0 Å². The van der Waals surface area contributed by atoms with Crippen LogP contribution in [0.3, 0.4) is 0 Å². The highest BCUT2D eigenvalue weighted by Crippen LogP contribution is 2.24. The van der Waals surface area contributed by atoms with Gasteiger partial charge in [-0.25, -0.2) is 4.98 Å². The van der Waals surface area contributed by atoms with Crippen molar-refractivity contribution < 1.29 is 0 Å². The Kier molecular flexibility index (Phi) is 4.32. The average molecular weight is 254 g/mol. The number of nitrogens with zero attached hydrogens (tertiary/aromatic N) is 3. The number of nitrogens with one attached hydrogen (secondary N) is 1. The van der Waals surface area contributed by atoms with Gasteiger partial charge in [0.1, 0.15) is 6.07 Å². The Bertz CT molecular complexity index is 580. The monoisotopic (exact) mass is 254 g/mol. The van der Waals surface area contributed by atoms with Crippen molar-refractivity contribution in [2.45, 2.75) is 26.3 Å². The number of rotatable bonds is 5. The fourth-order valence-corrected chi connectivity index (χ4v) is 2.30. The Labute approximate surface area is 113 Å². The van der Waals surface area contributed by atoms with Gasteiger partial charge >= 0.3 is 0 Å². The maximum Gasteiger partial charge on any atom is 0.217 e. The maximum absolute atomic E-state index is 9.11. The van der Waals surface area contributed by atoms with E-state index >= 15 is 0 Å². The lowest BCUT2D eigenvalue weighted by molar-refractivity contribution is 0.535. The Hall–Kier alpha value is -2.12. The highest BCUT2D eigenvalue weighted by Gasteiger charge is 2.14. The van der Waals surface area contributed by atoms with Gasteiger partial charge in [0.15, 0.2) is 0 Å². The molecule has 98 valence electrons. The second-order valence-electron chi connectivity index (χ2n) is 4.31. The van der Waals surface area contributed by atoms with Gasteiger partial charge < -0.3 is 5.32 Å². The van der Waals surface area contributed by atoms with Gasteiger partial charge in [-0.2, -0.15) is 5.26 Å². The quantitative estimate of drug-likeness (QED) is 0.892. The largest absolute Gasteiger partial charge is 0.310 e. The van der Waals surface area contributed by atoms with Crippen molar-refractivity contribution in [3.05, 3.63) is 48.0 Å². The van der Waals surface area contributed by atoms with Crippen LogP contribution in [0, 0.1) is 11.3 Å². The lowest BCUT2D eigenvalue weighted by atomic mass is 10.0. The van der Waals surface area contributed by atoms with E-state index in [1.165, 1.54) is 5.56 Å². The first-order valence-electron chi connectivity index (χ1n) is 6.57. The van der Waals surface area contributed by atoms with E-state index in [0.717, 1.165) is 18.7 Å². The lowest BCUT2D eigenvalue weighted by Crippen LogP contribution is -2.21. The second-order valence-corrected chi connectivity index (χ2v) is 4.31. The smallest absolute Gasteiger partial charge is 0.217 e. The molecular formula is C15H18N4. The van der Waals surface area contributed by atoms with E-state index in [-0.39, 0.29) is 6.04 Å². The van der Waals surface area contributed by atoms with Gasteiger partial charge in [-0.05, 0) is 24.6 Å². The van der Waals surface area contributed by atoms with Gasteiger partial charge in [-0.3, -0.25) is 4.57 Å². The average Bonchev–Trinajstić information content (AvgIpc) is 2.93. The van der Waals surface area contributed by atoms with E-state index in [0.29, 0.717) is 5.82 Å². The van der Waals surface area contributed by atoms with Crippen LogP contribution in [-0.4, -0.2) is 16.1 Å². The van der Waals surface area contributed by atoms with Crippen molar-refractivity contribution in [1.82, 2.24) is 14.9 Å². The standard InChI is InChI=1S/C15H18N4/c1-3-13(17-4-2)12-7-5-6-8-14(12)19-10-9-18-15(19)11-16/h5-10,13,17H,3-4H2,1-2H3. The van der Waals surface area contributed by atoms with Gasteiger partial charge in [-0.1, -0.05) is 32.0 Å².